The maximum absolute atomic E-state index is 12.2. The number of methoxy groups -OCH3 is 1. The maximum Gasteiger partial charge on any atom is 0.232 e. The van der Waals surface area contributed by atoms with E-state index in [0.29, 0.717) is 29.5 Å². The van der Waals surface area contributed by atoms with Crippen LogP contribution in [-0.2, 0) is 14.8 Å². The Balaban J connectivity index is 3.17. The number of sulfonamides is 1. The Morgan fingerprint density at radius 1 is 1.25 bits per heavy atom. The van der Waals surface area contributed by atoms with E-state index < -0.39 is 10.0 Å². The zero-order valence-electron chi connectivity index (χ0n) is 14.8. The molecule has 0 aliphatic carbocycles. The number of hydrogen-bond donors (Lipinski definition) is 0. The van der Waals surface area contributed by atoms with E-state index in [1.165, 1.54) is 11.4 Å². The molecule has 0 bridgehead atoms. The lowest BCUT2D eigenvalue weighted by atomic mass is 10.2. The number of hydrogen-bond acceptors (Lipinski definition) is 4. The largest absolute Gasteiger partial charge is 0.494 e. The van der Waals surface area contributed by atoms with Gasteiger partial charge in [-0.2, -0.15) is 0 Å². The molecule has 0 unspecified atom stereocenters. The number of nitrogens with zero attached hydrogens (tertiary/aromatic N) is 2. The predicted octanol–water partition coefficient (Wildman–Crippen LogP) is 2.68. The molecule has 136 valence electrons. The molecule has 0 fully saturated rings. The Morgan fingerprint density at radius 2 is 1.83 bits per heavy atom. The lowest BCUT2D eigenvalue weighted by Crippen LogP contribution is -2.37. The number of halogens is 1. The molecule has 0 aliphatic rings. The molecule has 0 spiro atoms. The van der Waals surface area contributed by atoms with Gasteiger partial charge in [-0.1, -0.05) is 11.6 Å². The summed E-state index contributed by atoms with van der Waals surface area (Å²) in [6, 6.07) is 3.24. The molecular formula is C16H25ClN2O4S. The van der Waals surface area contributed by atoms with E-state index in [9.17, 15) is 13.2 Å². The van der Waals surface area contributed by atoms with Crippen molar-refractivity contribution in [3.05, 3.63) is 22.7 Å². The van der Waals surface area contributed by atoms with Crippen molar-refractivity contribution in [2.45, 2.75) is 27.2 Å². The van der Waals surface area contributed by atoms with Gasteiger partial charge in [0.15, 0.2) is 0 Å². The van der Waals surface area contributed by atoms with Crippen LogP contribution in [0, 0.1) is 6.92 Å². The molecule has 0 N–H and O–H groups in total. The van der Waals surface area contributed by atoms with E-state index in [1.54, 1.807) is 24.0 Å². The van der Waals surface area contributed by atoms with Crippen molar-refractivity contribution in [1.29, 1.82) is 0 Å². The number of rotatable bonds is 8. The van der Waals surface area contributed by atoms with Crippen LogP contribution in [0.4, 0.5) is 5.69 Å². The van der Waals surface area contributed by atoms with Crippen molar-refractivity contribution >= 4 is 33.2 Å². The molecule has 6 nitrogen and oxygen atoms in total. The SMILES string of the molecule is CCN(CC)C(=O)CCN(c1cc(C)c(Cl)cc1OC)S(C)(=O)=O. The molecule has 1 aromatic rings. The first-order valence-electron chi connectivity index (χ1n) is 7.75. The molecule has 1 rings (SSSR count). The number of amides is 1. The van der Waals surface area contributed by atoms with E-state index in [-0.39, 0.29) is 18.9 Å². The van der Waals surface area contributed by atoms with Gasteiger partial charge in [-0.15, -0.1) is 0 Å². The third kappa shape index (κ3) is 5.01. The number of anilines is 1. The zero-order chi connectivity index (χ0) is 18.5. The van der Waals surface area contributed by atoms with E-state index in [0.717, 1.165) is 11.8 Å². The van der Waals surface area contributed by atoms with Gasteiger partial charge in [0.1, 0.15) is 5.75 Å². The highest BCUT2D eigenvalue weighted by Crippen LogP contribution is 2.35. The van der Waals surface area contributed by atoms with Gasteiger partial charge in [-0.05, 0) is 32.4 Å². The van der Waals surface area contributed by atoms with Gasteiger partial charge < -0.3 is 9.64 Å². The highest BCUT2D eigenvalue weighted by Gasteiger charge is 2.24. The number of carbonyl (C=O) groups excluding carboxylic acids is 1. The van der Waals surface area contributed by atoms with Crippen molar-refractivity contribution in [1.82, 2.24) is 4.90 Å². The molecule has 1 amide bonds. The Hall–Kier alpha value is -1.47. The van der Waals surface area contributed by atoms with E-state index in [4.69, 9.17) is 16.3 Å². The highest BCUT2D eigenvalue weighted by atomic mass is 35.5. The van der Waals surface area contributed by atoms with Crippen LogP contribution < -0.4 is 9.04 Å². The average Bonchev–Trinajstić information content (AvgIpc) is 2.50. The average molecular weight is 377 g/mol. The van der Waals surface area contributed by atoms with Crippen molar-refractivity contribution in [3.8, 4) is 5.75 Å². The highest BCUT2D eigenvalue weighted by molar-refractivity contribution is 7.92. The van der Waals surface area contributed by atoms with Crippen molar-refractivity contribution in [2.75, 3.05) is 37.3 Å². The summed E-state index contributed by atoms with van der Waals surface area (Å²) < 4.78 is 30.9. The van der Waals surface area contributed by atoms with Crippen molar-refractivity contribution in [2.24, 2.45) is 0 Å². The Kier molecular flexibility index (Phi) is 7.35. The van der Waals surface area contributed by atoms with Crippen molar-refractivity contribution in [3.63, 3.8) is 0 Å². The first kappa shape index (κ1) is 20.6. The summed E-state index contributed by atoms with van der Waals surface area (Å²) in [4.78, 5) is 13.9. The first-order chi connectivity index (χ1) is 11.1. The molecule has 0 saturated heterocycles. The van der Waals surface area contributed by atoms with Gasteiger partial charge in [-0.3, -0.25) is 9.10 Å². The second-order valence-corrected chi connectivity index (χ2v) is 7.74. The molecule has 0 aromatic heterocycles. The van der Waals surface area contributed by atoms with Crippen LogP contribution in [0.1, 0.15) is 25.8 Å². The van der Waals surface area contributed by atoms with E-state index in [1.807, 2.05) is 13.8 Å². The lowest BCUT2D eigenvalue weighted by molar-refractivity contribution is -0.130. The van der Waals surface area contributed by atoms with E-state index >= 15 is 0 Å². The number of ether oxygens (including phenoxy) is 1. The normalized spacial score (nSPS) is 11.2. The van der Waals surface area contributed by atoms with Gasteiger partial charge in [0, 0.05) is 37.1 Å². The lowest BCUT2D eigenvalue weighted by Gasteiger charge is -2.26. The molecule has 0 saturated carbocycles. The Labute approximate surface area is 149 Å². The second-order valence-electron chi connectivity index (χ2n) is 5.42. The summed E-state index contributed by atoms with van der Waals surface area (Å²) in [6.45, 7) is 6.80. The monoisotopic (exact) mass is 376 g/mol. The summed E-state index contributed by atoms with van der Waals surface area (Å²) in [7, 11) is -2.13. The smallest absolute Gasteiger partial charge is 0.232 e. The predicted molar refractivity (Wildman–Crippen MR) is 97.5 cm³/mol. The van der Waals surface area contributed by atoms with E-state index in [2.05, 4.69) is 0 Å². The summed E-state index contributed by atoms with van der Waals surface area (Å²) in [5.74, 6) is 0.268. The van der Waals surface area contributed by atoms with Crippen molar-refractivity contribution < 1.29 is 17.9 Å². The van der Waals surface area contributed by atoms with Crippen LogP contribution in [0.3, 0.4) is 0 Å². The molecule has 0 heterocycles. The molecule has 1 aromatic carbocycles. The fourth-order valence-electron chi connectivity index (χ4n) is 2.40. The minimum absolute atomic E-state index is 0.0472. The standard InChI is InChI=1S/C16H25ClN2O4S/c1-6-18(7-2)16(20)8-9-19(24(5,21)22)14-10-12(3)13(17)11-15(14)23-4/h10-11H,6-9H2,1-5H3. The summed E-state index contributed by atoms with van der Waals surface area (Å²) in [5, 5.41) is 0.489. The molecule has 0 aliphatic heterocycles. The minimum Gasteiger partial charge on any atom is -0.494 e. The Bertz CT molecular complexity index is 688. The van der Waals surface area contributed by atoms with Crippen LogP contribution in [0.25, 0.3) is 0 Å². The summed E-state index contributed by atoms with van der Waals surface area (Å²) in [5.41, 5.74) is 1.12. The summed E-state index contributed by atoms with van der Waals surface area (Å²) >= 11 is 6.08. The van der Waals surface area contributed by atoms with Crippen LogP contribution in [0.15, 0.2) is 12.1 Å². The van der Waals surface area contributed by atoms with Gasteiger partial charge in [0.05, 0.1) is 19.1 Å². The molecule has 8 heteroatoms. The molecule has 0 atom stereocenters. The van der Waals surface area contributed by atoms with Gasteiger partial charge in [0.2, 0.25) is 15.9 Å². The summed E-state index contributed by atoms with van der Waals surface area (Å²) in [6.07, 6.45) is 1.21. The number of benzene rings is 1. The molecule has 0 radical (unpaired) electrons. The van der Waals surface area contributed by atoms with Crippen LogP contribution in [-0.4, -0.2) is 52.2 Å². The van der Waals surface area contributed by atoms with Gasteiger partial charge in [0.25, 0.3) is 0 Å². The second kappa shape index (κ2) is 8.58. The fourth-order valence-corrected chi connectivity index (χ4v) is 3.48. The molecule has 24 heavy (non-hydrogen) atoms. The van der Waals surface area contributed by atoms with Crippen LogP contribution in [0.5, 0.6) is 5.75 Å². The number of carbonyl (C=O) groups is 1. The topological polar surface area (TPSA) is 66.9 Å². The van der Waals surface area contributed by atoms with Gasteiger partial charge >= 0.3 is 0 Å². The Morgan fingerprint density at radius 3 is 2.29 bits per heavy atom. The maximum atomic E-state index is 12.2. The minimum atomic E-state index is -3.58. The fraction of sp³-hybridized carbons (Fsp3) is 0.562. The third-order valence-corrected chi connectivity index (χ3v) is 5.36. The van der Waals surface area contributed by atoms with Gasteiger partial charge in [-0.25, -0.2) is 8.42 Å². The van der Waals surface area contributed by atoms with Crippen LogP contribution in [0.2, 0.25) is 5.02 Å². The quantitative estimate of drug-likeness (QED) is 0.699. The molecular weight excluding hydrogens is 352 g/mol. The first-order valence-corrected chi connectivity index (χ1v) is 9.97. The van der Waals surface area contributed by atoms with Crippen LogP contribution >= 0.6 is 11.6 Å². The zero-order valence-corrected chi connectivity index (χ0v) is 16.4. The third-order valence-electron chi connectivity index (χ3n) is 3.77. The number of aryl methyl sites for hydroxylation is 1.